The van der Waals surface area contributed by atoms with E-state index in [4.69, 9.17) is 4.42 Å². The van der Waals surface area contributed by atoms with E-state index in [0.717, 1.165) is 11.0 Å². The van der Waals surface area contributed by atoms with Gasteiger partial charge in [-0.1, -0.05) is 54.6 Å². The van der Waals surface area contributed by atoms with Gasteiger partial charge in [-0.25, -0.2) is 0 Å². The van der Waals surface area contributed by atoms with E-state index in [2.05, 4.69) is 0 Å². The number of hydrogen-bond donors (Lipinski definition) is 0. The van der Waals surface area contributed by atoms with Crippen LogP contribution in [0.2, 0.25) is 0 Å². The Morgan fingerprint density at radius 1 is 0.600 bits per heavy atom. The van der Waals surface area contributed by atoms with Crippen molar-refractivity contribution in [3.8, 4) is 0 Å². The van der Waals surface area contributed by atoms with E-state index in [9.17, 15) is 0 Å². The van der Waals surface area contributed by atoms with Crippen molar-refractivity contribution in [2.45, 2.75) is 0 Å². The highest BCUT2D eigenvalue weighted by atomic mass is 16.3. The van der Waals surface area contributed by atoms with E-state index in [1.165, 1.54) is 0 Å². The monoisotopic (exact) mass is 196 g/mol. The molecule has 0 atom stereocenters. The van der Waals surface area contributed by atoms with Crippen LogP contribution in [0.5, 0.6) is 0 Å². The second-order valence-corrected chi connectivity index (χ2v) is 3.11. The molecule has 3 aromatic rings. The van der Waals surface area contributed by atoms with Gasteiger partial charge in [0.1, 0.15) is 5.58 Å². The highest BCUT2D eigenvalue weighted by Gasteiger charge is 1.89. The lowest BCUT2D eigenvalue weighted by Gasteiger charge is -1.81. The molecule has 1 heterocycles. The molecule has 0 saturated heterocycles. The Kier molecular flexibility index (Phi) is 3.18. The van der Waals surface area contributed by atoms with Gasteiger partial charge in [-0.3, -0.25) is 0 Å². The molecule has 0 aliphatic heterocycles. The average Bonchev–Trinajstić information content (AvgIpc) is 2.80. The van der Waals surface area contributed by atoms with E-state index >= 15 is 0 Å². The van der Waals surface area contributed by atoms with Gasteiger partial charge in [0.25, 0.3) is 0 Å². The third-order valence-electron chi connectivity index (χ3n) is 2.03. The zero-order valence-electron chi connectivity index (χ0n) is 8.34. The quantitative estimate of drug-likeness (QED) is 0.527. The molecule has 2 aromatic carbocycles. The van der Waals surface area contributed by atoms with Gasteiger partial charge in [-0.2, -0.15) is 0 Å². The molecule has 0 aliphatic carbocycles. The number of hydrogen-bond acceptors (Lipinski definition) is 1. The Labute approximate surface area is 89.0 Å². The number of benzene rings is 2. The molecule has 1 aromatic heterocycles. The number of para-hydroxylation sites is 1. The summed E-state index contributed by atoms with van der Waals surface area (Å²) in [5.41, 5.74) is 0.956. The fourth-order valence-corrected chi connectivity index (χ4v) is 1.29. The minimum Gasteiger partial charge on any atom is -0.464 e. The summed E-state index contributed by atoms with van der Waals surface area (Å²) >= 11 is 0. The fourth-order valence-electron chi connectivity index (χ4n) is 1.29. The van der Waals surface area contributed by atoms with Crippen molar-refractivity contribution in [1.82, 2.24) is 0 Å². The first-order valence-corrected chi connectivity index (χ1v) is 4.89. The van der Waals surface area contributed by atoms with Gasteiger partial charge in [-0.05, 0) is 12.1 Å². The standard InChI is InChI=1S/C8H6O.C6H6/c1-2-4-8-7(3-1)5-6-9-8;1-2-4-6-5-3-1/h1-6H;1-6H. The molecular formula is C14H12O. The molecule has 0 unspecified atom stereocenters. The molecule has 0 bridgehead atoms. The van der Waals surface area contributed by atoms with E-state index < -0.39 is 0 Å². The van der Waals surface area contributed by atoms with Crippen LogP contribution in [0.1, 0.15) is 0 Å². The normalized spacial score (nSPS) is 9.33. The van der Waals surface area contributed by atoms with Crippen LogP contribution in [0, 0.1) is 0 Å². The molecule has 1 heteroatoms. The summed E-state index contributed by atoms with van der Waals surface area (Å²) in [5.74, 6) is 0. The Hall–Kier alpha value is -2.02. The minimum absolute atomic E-state index is 0.956. The van der Waals surface area contributed by atoms with Gasteiger partial charge in [0, 0.05) is 5.39 Å². The van der Waals surface area contributed by atoms with E-state index in [0.29, 0.717) is 0 Å². The first-order valence-electron chi connectivity index (χ1n) is 4.89. The number of furan rings is 1. The van der Waals surface area contributed by atoms with Crippen molar-refractivity contribution >= 4 is 11.0 Å². The third kappa shape index (κ3) is 2.71. The lowest BCUT2D eigenvalue weighted by atomic mass is 10.3. The highest BCUT2D eigenvalue weighted by Crippen LogP contribution is 2.12. The zero-order valence-corrected chi connectivity index (χ0v) is 8.34. The van der Waals surface area contributed by atoms with E-state index in [1.54, 1.807) is 6.26 Å². The molecule has 0 aliphatic rings. The van der Waals surface area contributed by atoms with E-state index in [1.807, 2.05) is 66.7 Å². The molecule has 0 amide bonds. The third-order valence-corrected chi connectivity index (χ3v) is 2.03. The maximum atomic E-state index is 5.12. The molecular weight excluding hydrogens is 184 g/mol. The van der Waals surface area contributed by atoms with Crippen LogP contribution in [-0.2, 0) is 0 Å². The highest BCUT2D eigenvalue weighted by molar-refractivity contribution is 5.76. The summed E-state index contributed by atoms with van der Waals surface area (Å²) in [7, 11) is 0. The van der Waals surface area contributed by atoms with Crippen molar-refractivity contribution < 1.29 is 4.42 Å². The van der Waals surface area contributed by atoms with Crippen molar-refractivity contribution in [3.05, 3.63) is 73.0 Å². The molecule has 1 nitrogen and oxygen atoms in total. The van der Waals surface area contributed by atoms with Crippen molar-refractivity contribution in [3.63, 3.8) is 0 Å². The topological polar surface area (TPSA) is 13.1 Å². The van der Waals surface area contributed by atoms with Gasteiger partial charge in [0.15, 0.2) is 0 Å². The van der Waals surface area contributed by atoms with Crippen LogP contribution in [0.25, 0.3) is 11.0 Å². The molecule has 3 rings (SSSR count). The molecule has 0 radical (unpaired) electrons. The van der Waals surface area contributed by atoms with Gasteiger partial charge in [0.05, 0.1) is 6.26 Å². The molecule has 0 fully saturated rings. The lowest BCUT2D eigenvalue weighted by Crippen LogP contribution is -1.57. The fraction of sp³-hybridized carbons (Fsp3) is 0. The Morgan fingerprint density at radius 3 is 1.80 bits per heavy atom. The Bertz CT molecular complexity index is 440. The van der Waals surface area contributed by atoms with Crippen LogP contribution < -0.4 is 0 Å². The lowest BCUT2D eigenvalue weighted by molar-refractivity contribution is 0.616. The summed E-state index contributed by atoms with van der Waals surface area (Å²) in [6.07, 6.45) is 1.70. The number of rotatable bonds is 0. The largest absolute Gasteiger partial charge is 0.464 e. The van der Waals surface area contributed by atoms with Gasteiger partial charge >= 0.3 is 0 Å². The maximum Gasteiger partial charge on any atom is 0.133 e. The predicted molar refractivity (Wildman–Crippen MR) is 62.7 cm³/mol. The molecule has 15 heavy (non-hydrogen) atoms. The van der Waals surface area contributed by atoms with E-state index in [-0.39, 0.29) is 0 Å². The van der Waals surface area contributed by atoms with Crippen LogP contribution in [0.4, 0.5) is 0 Å². The van der Waals surface area contributed by atoms with Crippen molar-refractivity contribution in [2.75, 3.05) is 0 Å². The smallest absolute Gasteiger partial charge is 0.133 e. The summed E-state index contributed by atoms with van der Waals surface area (Å²) in [4.78, 5) is 0. The molecule has 0 saturated carbocycles. The van der Waals surface area contributed by atoms with Crippen LogP contribution in [0.15, 0.2) is 77.4 Å². The summed E-state index contributed by atoms with van der Waals surface area (Å²) < 4.78 is 5.12. The average molecular weight is 196 g/mol. The minimum atomic E-state index is 0.956. The van der Waals surface area contributed by atoms with Gasteiger partial charge in [-0.15, -0.1) is 0 Å². The first kappa shape index (κ1) is 9.53. The predicted octanol–water partition coefficient (Wildman–Crippen LogP) is 4.12. The second kappa shape index (κ2) is 5.01. The summed E-state index contributed by atoms with van der Waals surface area (Å²) in [6.45, 7) is 0. The van der Waals surface area contributed by atoms with Gasteiger partial charge < -0.3 is 4.42 Å². The van der Waals surface area contributed by atoms with Crippen LogP contribution in [0.3, 0.4) is 0 Å². The van der Waals surface area contributed by atoms with Crippen molar-refractivity contribution in [2.24, 2.45) is 0 Å². The van der Waals surface area contributed by atoms with Crippen molar-refractivity contribution in [1.29, 1.82) is 0 Å². The first-order chi connectivity index (χ1) is 7.47. The van der Waals surface area contributed by atoms with Crippen LogP contribution in [-0.4, -0.2) is 0 Å². The van der Waals surface area contributed by atoms with Gasteiger partial charge in [0.2, 0.25) is 0 Å². The molecule has 74 valence electrons. The van der Waals surface area contributed by atoms with Crippen LogP contribution >= 0.6 is 0 Å². The summed E-state index contributed by atoms with van der Waals surface area (Å²) in [5, 5.41) is 1.16. The summed E-state index contributed by atoms with van der Waals surface area (Å²) in [6, 6.07) is 21.9. The SMILES string of the molecule is c1ccc2occc2c1.c1ccccc1. The molecule has 0 spiro atoms. The second-order valence-electron chi connectivity index (χ2n) is 3.11. The maximum absolute atomic E-state index is 5.12. The molecule has 0 N–H and O–H groups in total. The Balaban J connectivity index is 0.000000124. The number of fused-ring (bicyclic) bond motifs is 1. The Morgan fingerprint density at radius 2 is 1.20 bits per heavy atom. The zero-order chi connectivity index (χ0) is 10.3.